The number of carbonyl (C=O) groups excluding carboxylic acids is 2. The molecule has 1 aliphatic rings. The molecule has 2 aromatic carbocycles. The molecule has 0 saturated heterocycles. The van der Waals surface area contributed by atoms with Crippen LogP contribution in [-0.4, -0.2) is 61.6 Å². The predicted octanol–water partition coefficient (Wildman–Crippen LogP) is 4.35. The first kappa shape index (κ1) is 24.0. The van der Waals surface area contributed by atoms with Crippen molar-refractivity contribution in [2.45, 2.75) is 19.4 Å². The summed E-state index contributed by atoms with van der Waals surface area (Å²) in [4.78, 5) is 31.5. The smallest absolute Gasteiger partial charge is 0.254 e. The molecule has 7 heteroatoms. The minimum atomic E-state index is -0.193. The maximum atomic E-state index is 13.6. The van der Waals surface area contributed by atoms with Gasteiger partial charge < -0.3 is 19.3 Å². The number of amides is 2. The van der Waals surface area contributed by atoms with Crippen molar-refractivity contribution in [3.05, 3.63) is 87.6 Å². The molecule has 34 heavy (non-hydrogen) atoms. The SMILES string of the molecule is COCCN(CC(=O)N1CCc2sccc2[C@@H]1COc1ccccc1)C(=O)c1ccc(C)cc1. The quantitative estimate of drug-likeness (QED) is 0.459. The fourth-order valence-corrected chi connectivity index (χ4v) is 5.08. The number of ether oxygens (including phenoxy) is 2. The number of para-hydroxylation sites is 1. The van der Waals surface area contributed by atoms with E-state index in [4.69, 9.17) is 9.47 Å². The lowest BCUT2D eigenvalue weighted by atomic mass is 10.0. The summed E-state index contributed by atoms with van der Waals surface area (Å²) >= 11 is 1.72. The molecule has 1 aliphatic heterocycles. The van der Waals surface area contributed by atoms with Crippen molar-refractivity contribution in [2.75, 3.05) is 40.0 Å². The normalized spacial score (nSPS) is 15.0. The highest BCUT2D eigenvalue weighted by Gasteiger charge is 2.33. The monoisotopic (exact) mass is 478 g/mol. The number of methoxy groups -OCH3 is 1. The second kappa shape index (κ2) is 11.3. The van der Waals surface area contributed by atoms with Gasteiger partial charge in [-0.1, -0.05) is 35.9 Å². The van der Waals surface area contributed by atoms with Gasteiger partial charge in [-0.3, -0.25) is 9.59 Å². The van der Waals surface area contributed by atoms with Crippen molar-refractivity contribution in [3.63, 3.8) is 0 Å². The third kappa shape index (κ3) is 5.66. The van der Waals surface area contributed by atoms with Gasteiger partial charge in [-0.15, -0.1) is 11.3 Å². The largest absolute Gasteiger partial charge is 0.491 e. The maximum absolute atomic E-state index is 13.6. The van der Waals surface area contributed by atoms with Crippen molar-refractivity contribution < 1.29 is 19.1 Å². The van der Waals surface area contributed by atoms with Crippen LogP contribution in [0.2, 0.25) is 0 Å². The van der Waals surface area contributed by atoms with Crippen LogP contribution >= 0.6 is 11.3 Å². The average molecular weight is 479 g/mol. The van der Waals surface area contributed by atoms with Crippen LogP contribution in [0.25, 0.3) is 0 Å². The molecule has 2 heterocycles. The Morgan fingerprint density at radius 2 is 1.85 bits per heavy atom. The van der Waals surface area contributed by atoms with E-state index >= 15 is 0 Å². The Balaban J connectivity index is 1.51. The van der Waals surface area contributed by atoms with Gasteiger partial charge in [0.25, 0.3) is 5.91 Å². The van der Waals surface area contributed by atoms with Gasteiger partial charge in [-0.2, -0.15) is 0 Å². The molecule has 1 aromatic heterocycles. The number of nitrogens with zero attached hydrogens (tertiary/aromatic N) is 2. The van der Waals surface area contributed by atoms with Crippen LogP contribution in [0.4, 0.5) is 0 Å². The minimum absolute atomic E-state index is 0.00260. The van der Waals surface area contributed by atoms with Crippen LogP contribution < -0.4 is 4.74 Å². The third-order valence-corrected chi connectivity index (χ3v) is 7.04. The Morgan fingerprint density at radius 3 is 2.59 bits per heavy atom. The highest BCUT2D eigenvalue weighted by atomic mass is 32.1. The number of thiophene rings is 1. The van der Waals surface area contributed by atoms with E-state index < -0.39 is 0 Å². The van der Waals surface area contributed by atoms with Gasteiger partial charge in [0.05, 0.1) is 12.6 Å². The minimum Gasteiger partial charge on any atom is -0.491 e. The second-order valence-corrected chi connectivity index (χ2v) is 9.36. The van der Waals surface area contributed by atoms with E-state index in [1.54, 1.807) is 35.5 Å². The number of hydrogen-bond acceptors (Lipinski definition) is 5. The van der Waals surface area contributed by atoms with Crippen molar-refractivity contribution in [3.8, 4) is 5.75 Å². The molecular weight excluding hydrogens is 448 g/mol. The Hall–Kier alpha value is -3.16. The zero-order valence-corrected chi connectivity index (χ0v) is 20.4. The molecule has 6 nitrogen and oxygen atoms in total. The number of fused-ring (bicyclic) bond motifs is 1. The van der Waals surface area contributed by atoms with Crippen LogP contribution in [0.5, 0.6) is 5.75 Å². The predicted molar refractivity (Wildman–Crippen MR) is 133 cm³/mol. The molecule has 3 aromatic rings. The van der Waals surface area contributed by atoms with E-state index in [1.165, 1.54) is 4.88 Å². The summed E-state index contributed by atoms with van der Waals surface area (Å²) < 4.78 is 11.3. The molecule has 0 fully saturated rings. The van der Waals surface area contributed by atoms with Crippen LogP contribution in [0.15, 0.2) is 66.0 Å². The summed E-state index contributed by atoms with van der Waals surface area (Å²) in [5.41, 5.74) is 2.78. The zero-order chi connectivity index (χ0) is 23.9. The van der Waals surface area contributed by atoms with Crippen molar-refractivity contribution in [1.82, 2.24) is 9.80 Å². The Bertz CT molecular complexity index is 1100. The van der Waals surface area contributed by atoms with Gasteiger partial charge in [0.15, 0.2) is 0 Å². The van der Waals surface area contributed by atoms with Gasteiger partial charge in [0.2, 0.25) is 5.91 Å². The first-order chi connectivity index (χ1) is 16.6. The van der Waals surface area contributed by atoms with E-state index in [9.17, 15) is 9.59 Å². The zero-order valence-electron chi connectivity index (χ0n) is 19.6. The fourth-order valence-electron chi connectivity index (χ4n) is 4.15. The Morgan fingerprint density at radius 1 is 1.09 bits per heavy atom. The van der Waals surface area contributed by atoms with Crippen LogP contribution in [-0.2, 0) is 16.0 Å². The molecule has 1 atom stereocenters. The van der Waals surface area contributed by atoms with Gasteiger partial charge in [0.1, 0.15) is 18.9 Å². The van der Waals surface area contributed by atoms with E-state index in [0.717, 1.165) is 23.3 Å². The molecule has 0 N–H and O–H groups in total. The lowest BCUT2D eigenvalue weighted by Crippen LogP contribution is -2.48. The number of benzene rings is 2. The first-order valence-electron chi connectivity index (χ1n) is 11.4. The summed E-state index contributed by atoms with van der Waals surface area (Å²) in [6, 6.07) is 18.9. The van der Waals surface area contributed by atoms with Gasteiger partial charge in [0, 0.05) is 30.6 Å². The lowest BCUT2D eigenvalue weighted by molar-refractivity contribution is -0.135. The second-order valence-electron chi connectivity index (χ2n) is 8.36. The molecule has 0 spiro atoms. The molecule has 0 aliphatic carbocycles. The Kier molecular flexibility index (Phi) is 7.98. The van der Waals surface area contributed by atoms with Crippen molar-refractivity contribution >= 4 is 23.2 Å². The standard InChI is InChI=1S/C27H30N2O4S/c1-20-8-10-21(11-9-20)27(31)28(15-16-32-2)18-26(30)29-14-12-25-23(13-17-34-25)24(29)19-33-22-6-4-3-5-7-22/h3-11,13,17,24H,12,14-16,18-19H2,1-2H3/t24-/m0/s1. The van der Waals surface area contributed by atoms with Gasteiger partial charge in [-0.25, -0.2) is 0 Å². The number of carbonyl (C=O) groups is 2. The highest BCUT2D eigenvalue weighted by molar-refractivity contribution is 7.10. The summed E-state index contributed by atoms with van der Waals surface area (Å²) in [5.74, 6) is 0.513. The summed E-state index contributed by atoms with van der Waals surface area (Å²) in [7, 11) is 1.59. The fraction of sp³-hybridized carbons (Fsp3) is 0.333. The van der Waals surface area contributed by atoms with Crippen molar-refractivity contribution in [2.24, 2.45) is 0 Å². The Labute approximate surface area is 204 Å². The first-order valence-corrected chi connectivity index (χ1v) is 12.3. The molecule has 0 saturated carbocycles. The summed E-state index contributed by atoms with van der Waals surface area (Å²) in [5, 5.41) is 2.07. The summed E-state index contributed by atoms with van der Waals surface area (Å²) in [6.07, 6.45) is 0.810. The van der Waals surface area contributed by atoms with E-state index in [1.807, 2.05) is 54.3 Å². The number of rotatable bonds is 9. The van der Waals surface area contributed by atoms with Crippen LogP contribution in [0, 0.1) is 6.92 Å². The number of aryl methyl sites for hydroxylation is 1. The third-order valence-electron chi connectivity index (χ3n) is 6.04. The molecule has 2 amide bonds. The molecule has 4 rings (SSSR count). The summed E-state index contributed by atoms with van der Waals surface area (Å²) in [6.45, 7) is 3.65. The van der Waals surface area contributed by atoms with Crippen molar-refractivity contribution in [1.29, 1.82) is 0 Å². The maximum Gasteiger partial charge on any atom is 0.254 e. The number of hydrogen-bond donors (Lipinski definition) is 0. The van der Waals surface area contributed by atoms with Crippen LogP contribution in [0.3, 0.4) is 0 Å². The van der Waals surface area contributed by atoms with Gasteiger partial charge >= 0.3 is 0 Å². The lowest BCUT2D eigenvalue weighted by Gasteiger charge is -2.37. The molecule has 0 radical (unpaired) electrons. The van der Waals surface area contributed by atoms with Crippen LogP contribution in [0.1, 0.15) is 32.4 Å². The van der Waals surface area contributed by atoms with E-state index in [-0.39, 0.29) is 24.4 Å². The van der Waals surface area contributed by atoms with Gasteiger partial charge in [-0.05, 0) is 54.6 Å². The highest BCUT2D eigenvalue weighted by Crippen LogP contribution is 2.34. The molecular formula is C27H30N2O4S. The topological polar surface area (TPSA) is 59.1 Å². The molecule has 178 valence electrons. The average Bonchev–Trinajstić information content (AvgIpc) is 3.35. The van der Waals surface area contributed by atoms with E-state index in [2.05, 4.69) is 11.4 Å². The molecule has 0 unspecified atom stereocenters. The molecule has 0 bridgehead atoms. The van der Waals surface area contributed by atoms with E-state index in [0.29, 0.717) is 31.9 Å².